The molecule has 0 bridgehead atoms. The quantitative estimate of drug-likeness (QED) is 0.447. The van der Waals surface area contributed by atoms with Crippen molar-refractivity contribution >= 4 is 21.6 Å². The number of anilines is 1. The highest BCUT2D eigenvalue weighted by Gasteiger charge is 2.27. The number of nitrogens with one attached hydrogen (secondary N) is 2. The van der Waals surface area contributed by atoms with E-state index in [-0.39, 0.29) is 16.7 Å². The van der Waals surface area contributed by atoms with Gasteiger partial charge in [0.1, 0.15) is 23.4 Å². The number of ether oxygens (including phenoxy) is 1. The van der Waals surface area contributed by atoms with Crippen molar-refractivity contribution in [3.8, 4) is 17.7 Å². The third-order valence-electron chi connectivity index (χ3n) is 5.21. The van der Waals surface area contributed by atoms with Gasteiger partial charge in [0.2, 0.25) is 21.8 Å². The van der Waals surface area contributed by atoms with Crippen LogP contribution in [-0.2, 0) is 14.8 Å². The third-order valence-corrected chi connectivity index (χ3v) is 6.70. The van der Waals surface area contributed by atoms with Crippen molar-refractivity contribution in [1.29, 1.82) is 5.26 Å². The number of nitriles is 1. The van der Waals surface area contributed by atoms with E-state index in [2.05, 4.69) is 15.0 Å². The minimum atomic E-state index is -3.88. The van der Waals surface area contributed by atoms with E-state index in [4.69, 9.17) is 4.74 Å². The average molecular weight is 493 g/mol. The summed E-state index contributed by atoms with van der Waals surface area (Å²) in [5.41, 5.74) is 2.47. The Balaban J connectivity index is 1.77. The number of rotatable bonds is 9. The van der Waals surface area contributed by atoms with Gasteiger partial charge in [-0.05, 0) is 74.2 Å². The van der Waals surface area contributed by atoms with Gasteiger partial charge in [-0.3, -0.25) is 4.79 Å². The second-order valence-corrected chi connectivity index (χ2v) is 10.4. The third kappa shape index (κ3) is 6.88. The van der Waals surface area contributed by atoms with E-state index in [0.29, 0.717) is 29.0 Å². The van der Waals surface area contributed by atoms with Gasteiger partial charge in [-0.1, -0.05) is 31.5 Å². The Morgan fingerprint density at radius 3 is 2.46 bits per heavy atom. The predicted octanol–water partition coefficient (Wildman–Crippen LogP) is 4.69. The average Bonchev–Trinajstić information content (AvgIpc) is 2.80. The van der Waals surface area contributed by atoms with Gasteiger partial charge in [-0.2, -0.15) is 9.98 Å². The summed E-state index contributed by atoms with van der Waals surface area (Å²) in [6, 6.07) is 15.8. The van der Waals surface area contributed by atoms with Crippen LogP contribution in [0.25, 0.3) is 0 Å². The minimum Gasteiger partial charge on any atom is -0.438 e. The summed E-state index contributed by atoms with van der Waals surface area (Å²) < 4.78 is 34.1. The predicted molar refractivity (Wildman–Crippen MR) is 134 cm³/mol. The molecule has 1 heterocycles. The Hall–Kier alpha value is -3.74. The van der Waals surface area contributed by atoms with Gasteiger partial charge in [0.05, 0.1) is 4.90 Å². The largest absolute Gasteiger partial charge is 0.438 e. The second kappa shape index (κ2) is 11.1. The van der Waals surface area contributed by atoms with Gasteiger partial charge < -0.3 is 10.1 Å². The molecule has 0 fully saturated rings. The fourth-order valence-corrected chi connectivity index (χ4v) is 4.59. The Morgan fingerprint density at radius 1 is 1.11 bits per heavy atom. The highest BCUT2D eigenvalue weighted by atomic mass is 32.2. The van der Waals surface area contributed by atoms with Crippen LogP contribution in [0.3, 0.4) is 0 Å². The molecule has 0 saturated heterocycles. The smallest absolute Gasteiger partial charge is 0.242 e. The number of hydrogen-bond donors (Lipinski definition) is 2. The van der Waals surface area contributed by atoms with Gasteiger partial charge >= 0.3 is 0 Å². The summed E-state index contributed by atoms with van der Waals surface area (Å²) in [7, 11) is -3.88. The maximum Gasteiger partial charge on any atom is 0.242 e. The standard InChI is InChI=1S/C26H28N4O4S/c1-17(2)14-24(30-35(32,33)22-10-7-18(3)8-11-22)25(31)29-23-12-9-21(15-19(23)4)34-26-20(16-27)6-5-13-28-26/h5-13,15,17,24,30H,14H2,1-4H3,(H,29,31). The summed E-state index contributed by atoms with van der Waals surface area (Å²) in [5, 5.41) is 12.0. The van der Waals surface area contributed by atoms with Crippen molar-refractivity contribution in [1.82, 2.24) is 9.71 Å². The molecule has 1 atom stereocenters. The Kier molecular flexibility index (Phi) is 8.22. The fourth-order valence-electron chi connectivity index (χ4n) is 3.38. The van der Waals surface area contributed by atoms with Gasteiger partial charge in [-0.15, -0.1) is 0 Å². The Labute approximate surface area is 206 Å². The number of pyridine rings is 1. The molecule has 1 unspecified atom stereocenters. The Morgan fingerprint density at radius 2 is 1.83 bits per heavy atom. The molecule has 2 N–H and O–H groups in total. The number of nitrogens with zero attached hydrogens (tertiary/aromatic N) is 2. The first-order valence-electron chi connectivity index (χ1n) is 11.1. The molecule has 3 aromatic rings. The van der Waals surface area contributed by atoms with E-state index in [1.165, 1.54) is 18.3 Å². The topological polar surface area (TPSA) is 121 Å². The van der Waals surface area contributed by atoms with E-state index in [1.807, 2.05) is 26.8 Å². The highest BCUT2D eigenvalue weighted by Crippen LogP contribution is 2.27. The summed E-state index contributed by atoms with van der Waals surface area (Å²) in [6.07, 6.45) is 1.86. The van der Waals surface area contributed by atoms with Crippen molar-refractivity contribution in [3.63, 3.8) is 0 Å². The van der Waals surface area contributed by atoms with E-state index >= 15 is 0 Å². The van der Waals surface area contributed by atoms with Crippen LogP contribution in [0.15, 0.2) is 65.7 Å². The van der Waals surface area contributed by atoms with Crippen LogP contribution >= 0.6 is 0 Å². The van der Waals surface area contributed by atoms with E-state index < -0.39 is 22.0 Å². The molecule has 0 radical (unpaired) electrons. The molecule has 1 amide bonds. The molecule has 9 heteroatoms. The first-order valence-corrected chi connectivity index (χ1v) is 12.6. The molecular formula is C26H28N4O4S. The molecule has 35 heavy (non-hydrogen) atoms. The normalized spacial score (nSPS) is 12.1. The number of carbonyl (C=O) groups excluding carboxylic acids is 1. The zero-order valence-corrected chi connectivity index (χ0v) is 20.9. The van der Waals surface area contributed by atoms with Crippen molar-refractivity contribution in [2.24, 2.45) is 5.92 Å². The summed E-state index contributed by atoms with van der Waals surface area (Å²) in [4.78, 5) is 17.3. The Bertz CT molecular complexity index is 1350. The molecule has 1 aromatic heterocycles. The molecule has 182 valence electrons. The lowest BCUT2D eigenvalue weighted by Crippen LogP contribution is -2.44. The molecule has 0 aliphatic heterocycles. The van der Waals surface area contributed by atoms with Gasteiger partial charge in [0, 0.05) is 11.9 Å². The van der Waals surface area contributed by atoms with E-state index in [0.717, 1.165) is 5.56 Å². The number of aryl methyl sites for hydroxylation is 2. The molecule has 0 aliphatic rings. The molecule has 0 aliphatic carbocycles. The van der Waals surface area contributed by atoms with Gasteiger partial charge in [0.15, 0.2) is 0 Å². The molecule has 0 spiro atoms. The van der Waals surface area contributed by atoms with Crippen LogP contribution in [0.1, 0.15) is 37.0 Å². The summed E-state index contributed by atoms with van der Waals surface area (Å²) in [5.74, 6) is 0.266. The molecule has 3 rings (SSSR count). The second-order valence-electron chi connectivity index (χ2n) is 8.65. The molecule has 8 nitrogen and oxygen atoms in total. The van der Waals surface area contributed by atoms with E-state index in [9.17, 15) is 18.5 Å². The SMILES string of the molecule is Cc1ccc(S(=O)(=O)NC(CC(C)C)C(=O)Nc2ccc(Oc3ncccc3C#N)cc2C)cc1. The maximum absolute atomic E-state index is 13.1. The zero-order chi connectivity index (χ0) is 25.6. The summed E-state index contributed by atoms with van der Waals surface area (Å²) >= 11 is 0. The number of hydrogen-bond acceptors (Lipinski definition) is 6. The lowest BCUT2D eigenvalue weighted by molar-refractivity contribution is -0.118. The minimum absolute atomic E-state index is 0.0797. The van der Waals surface area contributed by atoms with Crippen LogP contribution in [0.2, 0.25) is 0 Å². The highest BCUT2D eigenvalue weighted by molar-refractivity contribution is 7.89. The first kappa shape index (κ1) is 25.9. The lowest BCUT2D eigenvalue weighted by atomic mass is 10.0. The van der Waals surface area contributed by atoms with Crippen LogP contribution in [0.4, 0.5) is 5.69 Å². The molecule has 2 aromatic carbocycles. The van der Waals surface area contributed by atoms with Gasteiger partial charge in [0.25, 0.3) is 0 Å². The van der Waals surface area contributed by atoms with Crippen molar-refractivity contribution in [2.45, 2.75) is 45.1 Å². The zero-order valence-electron chi connectivity index (χ0n) is 20.1. The molecular weight excluding hydrogens is 464 g/mol. The van der Waals surface area contributed by atoms with Crippen LogP contribution in [0, 0.1) is 31.1 Å². The van der Waals surface area contributed by atoms with Crippen LogP contribution < -0.4 is 14.8 Å². The number of carbonyl (C=O) groups is 1. The van der Waals surface area contributed by atoms with Crippen LogP contribution in [-0.4, -0.2) is 25.4 Å². The van der Waals surface area contributed by atoms with Crippen molar-refractivity contribution in [3.05, 3.63) is 77.5 Å². The number of benzene rings is 2. The van der Waals surface area contributed by atoms with Crippen LogP contribution in [0.5, 0.6) is 11.6 Å². The summed E-state index contributed by atoms with van der Waals surface area (Å²) in [6.45, 7) is 7.51. The fraction of sp³-hybridized carbons (Fsp3) is 0.269. The van der Waals surface area contributed by atoms with E-state index in [1.54, 1.807) is 49.4 Å². The monoisotopic (exact) mass is 492 g/mol. The van der Waals surface area contributed by atoms with Gasteiger partial charge in [-0.25, -0.2) is 13.4 Å². The number of amides is 1. The molecule has 0 saturated carbocycles. The van der Waals surface area contributed by atoms with Crippen molar-refractivity contribution < 1.29 is 17.9 Å². The first-order chi connectivity index (χ1) is 16.6. The van der Waals surface area contributed by atoms with Crippen molar-refractivity contribution in [2.75, 3.05) is 5.32 Å². The maximum atomic E-state index is 13.1. The lowest BCUT2D eigenvalue weighted by Gasteiger charge is -2.21. The number of aromatic nitrogens is 1. The number of sulfonamides is 1.